The highest BCUT2D eigenvalue weighted by atomic mass is 19.1. The summed E-state index contributed by atoms with van der Waals surface area (Å²) < 4.78 is 19.1. The summed E-state index contributed by atoms with van der Waals surface area (Å²) in [6.45, 7) is 5.45. The second-order valence-electron chi connectivity index (χ2n) is 7.67. The van der Waals surface area contributed by atoms with Crippen molar-refractivity contribution in [1.82, 2.24) is 15.3 Å². The number of benzene rings is 1. The van der Waals surface area contributed by atoms with E-state index in [1.165, 1.54) is 12.1 Å². The minimum atomic E-state index is -1.21. The number of halogens is 1. The molecule has 1 amide bonds. The van der Waals surface area contributed by atoms with Crippen LogP contribution in [0.1, 0.15) is 36.8 Å². The van der Waals surface area contributed by atoms with Crippen LogP contribution in [0.3, 0.4) is 0 Å². The third kappa shape index (κ3) is 4.89. The highest BCUT2D eigenvalue weighted by Crippen LogP contribution is 2.32. The number of fused-ring (bicyclic) bond motifs is 1. The van der Waals surface area contributed by atoms with E-state index in [9.17, 15) is 19.1 Å². The molecule has 0 spiro atoms. The largest absolute Gasteiger partial charge is 0.478 e. The molecule has 3 aromatic rings. The van der Waals surface area contributed by atoms with Crippen LogP contribution in [0.25, 0.3) is 22.2 Å². The molecule has 7 nitrogen and oxygen atoms in total. The number of alkyl carbamates (subject to hydrolysis) is 1. The number of carbonyl (C=O) groups is 2. The van der Waals surface area contributed by atoms with Crippen LogP contribution < -0.4 is 5.32 Å². The summed E-state index contributed by atoms with van der Waals surface area (Å²) in [4.78, 5) is 32.9. The Bertz CT molecular complexity index is 1090. The number of pyridine rings is 2. The molecular weight excluding hydrogens is 389 g/mol. The maximum atomic E-state index is 13.8. The molecule has 0 radical (unpaired) electrons. The molecule has 0 saturated heterocycles. The molecule has 2 heterocycles. The first-order valence-electron chi connectivity index (χ1n) is 9.39. The summed E-state index contributed by atoms with van der Waals surface area (Å²) in [5, 5.41) is 12.7. The minimum absolute atomic E-state index is 0.0783. The van der Waals surface area contributed by atoms with Crippen molar-refractivity contribution in [2.75, 3.05) is 6.54 Å². The summed E-state index contributed by atoms with van der Waals surface area (Å²) in [5.74, 6) is -1.77. The van der Waals surface area contributed by atoms with Gasteiger partial charge in [0, 0.05) is 30.1 Å². The van der Waals surface area contributed by atoms with Crippen LogP contribution >= 0.6 is 0 Å². The van der Waals surface area contributed by atoms with E-state index in [4.69, 9.17) is 4.74 Å². The fourth-order valence-corrected chi connectivity index (χ4v) is 3.07. The van der Waals surface area contributed by atoms with Crippen LogP contribution in [-0.2, 0) is 11.2 Å². The van der Waals surface area contributed by atoms with Crippen LogP contribution in [0.4, 0.5) is 9.18 Å². The number of hydrogen-bond acceptors (Lipinski definition) is 5. The Labute approximate surface area is 172 Å². The van der Waals surface area contributed by atoms with E-state index in [1.807, 2.05) is 0 Å². The van der Waals surface area contributed by atoms with Gasteiger partial charge in [0.2, 0.25) is 0 Å². The van der Waals surface area contributed by atoms with Gasteiger partial charge in [-0.15, -0.1) is 0 Å². The maximum absolute atomic E-state index is 13.8. The smallest absolute Gasteiger partial charge is 0.407 e. The number of aromatic nitrogens is 2. The van der Waals surface area contributed by atoms with E-state index in [-0.39, 0.29) is 23.9 Å². The lowest BCUT2D eigenvalue weighted by molar-refractivity contribution is 0.0527. The number of amides is 1. The number of nitrogens with one attached hydrogen (secondary N) is 1. The number of aromatic carboxylic acids is 1. The van der Waals surface area contributed by atoms with E-state index in [0.717, 1.165) is 6.07 Å². The zero-order valence-electron chi connectivity index (χ0n) is 16.9. The Morgan fingerprint density at radius 3 is 2.60 bits per heavy atom. The van der Waals surface area contributed by atoms with Gasteiger partial charge >= 0.3 is 12.1 Å². The van der Waals surface area contributed by atoms with Crippen molar-refractivity contribution < 1.29 is 23.8 Å². The van der Waals surface area contributed by atoms with Gasteiger partial charge in [0.15, 0.2) is 0 Å². The fraction of sp³-hybridized carbons (Fsp3) is 0.273. The molecule has 0 aliphatic heterocycles. The predicted molar refractivity (Wildman–Crippen MR) is 110 cm³/mol. The van der Waals surface area contributed by atoms with Gasteiger partial charge < -0.3 is 15.2 Å². The molecule has 0 aliphatic rings. The van der Waals surface area contributed by atoms with Gasteiger partial charge in [0.05, 0.1) is 22.5 Å². The molecule has 8 heteroatoms. The number of nitrogens with zero attached hydrogens (tertiary/aromatic N) is 2. The van der Waals surface area contributed by atoms with Crippen LogP contribution in [0.2, 0.25) is 0 Å². The van der Waals surface area contributed by atoms with Crippen molar-refractivity contribution in [3.05, 3.63) is 59.7 Å². The van der Waals surface area contributed by atoms with Gasteiger partial charge in [-0.05, 0) is 51.1 Å². The van der Waals surface area contributed by atoms with Crippen molar-refractivity contribution in [3.8, 4) is 11.3 Å². The molecule has 0 atom stereocenters. The molecule has 0 aliphatic carbocycles. The normalized spacial score (nSPS) is 11.3. The molecule has 1 aromatic carbocycles. The van der Waals surface area contributed by atoms with E-state index >= 15 is 0 Å². The van der Waals surface area contributed by atoms with Crippen LogP contribution in [0.5, 0.6) is 0 Å². The first-order valence-corrected chi connectivity index (χ1v) is 9.39. The number of carboxylic acids is 1. The molecule has 30 heavy (non-hydrogen) atoms. The van der Waals surface area contributed by atoms with E-state index in [1.54, 1.807) is 45.2 Å². The molecule has 0 unspecified atom stereocenters. The fourth-order valence-electron chi connectivity index (χ4n) is 3.07. The van der Waals surface area contributed by atoms with E-state index in [0.29, 0.717) is 22.5 Å². The SMILES string of the molecule is CC(C)(C)OC(=O)NCCc1nc2ccc(F)cc2c(C(=O)O)c1-c1ccccn1. The van der Waals surface area contributed by atoms with Gasteiger partial charge in [0.1, 0.15) is 11.4 Å². The maximum Gasteiger partial charge on any atom is 0.407 e. The number of carboxylic acid groups (broad SMARTS) is 1. The second kappa shape index (κ2) is 8.44. The predicted octanol–water partition coefficient (Wildman–Crippen LogP) is 4.20. The average Bonchev–Trinajstić information content (AvgIpc) is 2.66. The zero-order valence-corrected chi connectivity index (χ0v) is 16.9. The summed E-state index contributed by atoms with van der Waals surface area (Å²) in [6, 6.07) is 8.92. The van der Waals surface area contributed by atoms with Crippen molar-refractivity contribution in [1.29, 1.82) is 0 Å². The van der Waals surface area contributed by atoms with Gasteiger partial charge in [0.25, 0.3) is 0 Å². The van der Waals surface area contributed by atoms with Gasteiger partial charge in [-0.25, -0.2) is 14.0 Å². The standard InChI is InChI=1S/C22H22FN3O4/c1-22(2,3)30-21(29)25-11-9-17-19(16-6-4-5-10-24-16)18(20(27)28)14-12-13(23)7-8-15(14)26-17/h4-8,10,12H,9,11H2,1-3H3,(H,25,29)(H,27,28). The molecule has 2 N–H and O–H groups in total. The molecule has 0 saturated carbocycles. The highest BCUT2D eigenvalue weighted by molar-refractivity contribution is 6.08. The van der Waals surface area contributed by atoms with Crippen molar-refractivity contribution in [2.24, 2.45) is 0 Å². The average molecular weight is 411 g/mol. The van der Waals surface area contributed by atoms with Gasteiger partial charge in [-0.3, -0.25) is 9.97 Å². The van der Waals surface area contributed by atoms with Crippen molar-refractivity contribution >= 4 is 23.0 Å². The zero-order chi connectivity index (χ0) is 21.9. The lowest BCUT2D eigenvalue weighted by Gasteiger charge is -2.20. The molecule has 156 valence electrons. The van der Waals surface area contributed by atoms with E-state index < -0.39 is 23.5 Å². The topological polar surface area (TPSA) is 101 Å². The number of hydrogen-bond donors (Lipinski definition) is 2. The minimum Gasteiger partial charge on any atom is -0.478 e. The Balaban J connectivity index is 2.05. The Morgan fingerprint density at radius 2 is 1.97 bits per heavy atom. The monoisotopic (exact) mass is 411 g/mol. The van der Waals surface area contributed by atoms with Gasteiger partial charge in [-0.2, -0.15) is 0 Å². The second-order valence-corrected chi connectivity index (χ2v) is 7.67. The quantitative estimate of drug-likeness (QED) is 0.652. The summed E-state index contributed by atoms with van der Waals surface area (Å²) >= 11 is 0. The molecule has 3 rings (SSSR count). The van der Waals surface area contributed by atoms with Crippen LogP contribution in [0, 0.1) is 5.82 Å². The van der Waals surface area contributed by atoms with Crippen LogP contribution in [0.15, 0.2) is 42.6 Å². The number of ether oxygens (including phenoxy) is 1. The highest BCUT2D eigenvalue weighted by Gasteiger charge is 2.23. The molecule has 0 fully saturated rings. The van der Waals surface area contributed by atoms with E-state index in [2.05, 4.69) is 15.3 Å². The summed E-state index contributed by atoms with van der Waals surface area (Å²) in [6.07, 6.45) is 1.20. The van der Waals surface area contributed by atoms with Crippen molar-refractivity contribution in [2.45, 2.75) is 32.8 Å². The third-order valence-corrected chi connectivity index (χ3v) is 4.19. The first kappa shape index (κ1) is 21.2. The Morgan fingerprint density at radius 1 is 1.20 bits per heavy atom. The third-order valence-electron chi connectivity index (χ3n) is 4.19. The molecule has 2 aromatic heterocycles. The first-order chi connectivity index (χ1) is 14.2. The van der Waals surface area contributed by atoms with Crippen LogP contribution in [-0.4, -0.2) is 39.3 Å². The lowest BCUT2D eigenvalue weighted by atomic mass is 9.96. The summed E-state index contributed by atoms with van der Waals surface area (Å²) in [7, 11) is 0. The van der Waals surface area contributed by atoms with Crippen molar-refractivity contribution in [3.63, 3.8) is 0 Å². The Kier molecular flexibility index (Phi) is 5.96. The summed E-state index contributed by atoms with van der Waals surface area (Å²) in [5.41, 5.74) is 0.769. The Hall–Kier alpha value is -3.55. The number of carbonyl (C=O) groups excluding carboxylic acids is 1. The lowest BCUT2D eigenvalue weighted by Crippen LogP contribution is -2.33. The van der Waals surface area contributed by atoms with Gasteiger partial charge in [-0.1, -0.05) is 6.07 Å². The molecular formula is C22H22FN3O4. The number of rotatable bonds is 5. The molecule has 0 bridgehead atoms.